The van der Waals surface area contributed by atoms with Crippen LogP contribution >= 0.6 is 0 Å². The molecule has 0 bridgehead atoms. The second-order valence-electron chi connectivity index (χ2n) is 10.6. The molecule has 0 unspecified atom stereocenters. The number of aryl methyl sites for hydroxylation is 1. The third-order valence-electron chi connectivity index (χ3n) is 8.18. The molecule has 0 aliphatic carbocycles. The molecule has 4 aromatic rings. The van der Waals surface area contributed by atoms with Crippen molar-refractivity contribution >= 4 is 21.7 Å². The molecule has 2 fully saturated rings. The molecule has 216 valence electrons. The van der Waals surface area contributed by atoms with E-state index in [1.54, 1.807) is 13.0 Å². The average molecular weight is 572 g/mol. The van der Waals surface area contributed by atoms with Crippen molar-refractivity contribution in [1.82, 2.24) is 14.9 Å². The van der Waals surface area contributed by atoms with Crippen molar-refractivity contribution in [3.63, 3.8) is 0 Å². The summed E-state index contributed by atoms with van der Waals surface area (Å²) in [5, 5.41) is 11.2. The molecule has 0 radical (unpaired) electrons. The van der Waals surface area contributed by atoms with E-state index in [0.29, 0.717) is 23.7 Å². The molecule has 7 nitrogen and oxygen atoms in total. The Morgan fingerprint density at radius 1 is 1.10 bits per heavy atom. The zero-order valence-electron chi connectivity index (χ0n) is 22.6. The third-order valence-corrected chi connectivity index (χ3v) is 8.18. The number of rotatable bonds is 8. The largest absolute Gasteiger partial charge is 0.493 e. The highest BCUT2D eigenvalue weighted by molar-refractivity contribution is 6.02. The number of alkyl halides is 1. The van der Waals surface area contributed by atoms with E-state index in [0.717, 1.165) is 25.5 Å². The molecule has 2 atom stereocenters. The first-order valence-corrected chi connectivity index (χ1v) is 13.5. The fourth-order valence-corrected chi connectivity index (χ4v) is 6.36. The summed E-state index contributed by atoms with van der Waals surface area (Å²) >= 11 is 0. The van der Waals surface area contributed by atoms with Gasteiger partial charge in [-0.1, -0.05) is 13.0 Å². The SMILES string of the molecule is CCc1c(F)ccc2cc(OCOC)cc(-c3c(F)cc4c(O)nc(OC[C@@]56CCCN5C[C@H](F)C6)nc4c3F)c12. The van der Waals surface area contributed by atoms with Crippen molar-refractivity contribution in [3.8, 4) is 28.8 Å². The first-order valence-electron chi connectivity index (χ1n) is 13.5. The molecule has 2 saturated heterocycles. The summed E-state index contributed by atoms with van der Waals surface area (Å²) in [7, 11) is 1.44. The predicted octanol–water partition coefficient (Wildman–Crippen LogP) is 6.07. The average Bonchev–Trinajstić information content (AvgIpc) is 3.47. The summed E-state index contributed by atoms with van der Waals surface area (Å²) < 4.78 is 77.4. The maximum Gasteiger partial charge on any atom is 0.320 e. The maximum absolute atomic E-state index is 16.3. The molecule has 1 N–H and O–H groups in total. The molecular formula is C30H29F4N3O4. The lowest BCUT2D eigenvalue weighted by molar-refractivity contribution is 0.0512. The van der Waals surface area contributed by atoms with Crippen LogP contribution in [0.1, 0.15) is 31.7 Å². The summed E-state index contributed by atoms with van der Waals surface area (Å²) in [6, 6.07) is 6.51. The summed E-state index contributed by atoms with van der Waals surface area (Å²) in [6.07, 6.45) is 1.25. The maximum atomic E-state index is 16.3. The molecule has 11 heteroatoms. The van der Waals surface area contributed by atoms with Gasteiger partial charge in [0.15, 0.2) is 12.6 Å². The highest BCUT2D eigenvalue weighted by atomic mass is 19.1. The van der Waals surface area contributed by atoms with E-state index in [9.17, 15) is 13.9 Å². The number of hydrogen-bond acceptors (Lipinski definition) is 7. The lowest BCUT2D eigenvalue weighted by atomic mass is 9.91. The Morgan fingerprint density at radius 3 is 2.71 bits per heavy atom. The van der Waals surface area contributed by atoms with E-state index < -0.39 is 40.6 Å². The van der Waals surface area contributed by atoms with Crippen LogP contribution < -0.4 is 9.47 Å². The van der Waals surface area contributed by atoms with Gasteiger partial charge in [0.05, 0.1) is 16.5 Å². The van der Waals surface area contributed by atoms with Gasteiger partial charge < -0.3 is 19.3 Å². The fraction of sp³-hybridized carbons (Fsp3) is 0.400. The smallest absolute Gasteiger partial charge is 0.320 e. The summed E-state index contributed by atoms with van der Waals surface area (Å²) in [5.41, 5.74) is -1.01. The van der Waals surface area contributed by atoms with Gasteiger partial charge in [-0.05, 0) is 72.0 Å². The molecule has 1 aromatic heterocycles. The first-order chi connectivity index (χ1) is 19.7. The lowest BCUT2D eigenvalue weighted by Crippen LogP contribution is -2.43. The monoisotopic (exact) mass is 571 g/mol. The number of aromatic hydroxyl groups is 1. The number of halogens is 4. The molecule has 41 heavy (non-hydrogen) atoms. The third kappa shape index (κ3) is 4.70. The minimum atomic E-state index is -1.08. The van der Waals surface area contributed by atoms with Gasteiger partial charge in [-0.25, -0.2) is 17.6 Å². The van der Waals surface area contributed by atoms with Crippen LogP contribution in [0.5, 0.6) is 17.6 Å². The summed E-state index contributed by atoms with van der Waals surface area (Å²) in [5.74, 6) is -2.98. The Morgan fingerprint density at radius 2 is 1.93 bits per heavy atom. The van der Waals surface area contributed by atoms with Crippen molar-refractivity contribution in [3.05, 3.63) is 53.3 Å². The van der Waals surface area contributed by atoms with Gasteiger partial charge in [0.1, 0.15) is 35.7 Å². The molecule has 0 amide bonds. The number of aromatic nitrogens is 2. The minimum absolute atomic E-state index is 0.0582. The molecule has 0 saturated carbocycles. The van der Waals surface area contributed by atoms with Gasteiger partial charge >= 0.3 is 6.01 Å². The normalized spacial score (nSPS) is 20.7. The lowest BCUT2D eigenvalue weighted by Gasteiger charge is -2.30. The zero-order valence-corrected chi connectivity index (χ0v) is 22.6. The summed E-state index contributed by atoms with van der Waals surface area (Å²) in [6.45, 7) is 2.79. The van der Waals surface area contributed by atoms with E-state index in [4.69, 9.17) is 14.2 Å². The molecular weight excluding hydrogens is 542 g/mol. The van der Waals surface area contributed by atoms with Gasteiger partial charge in [0, 0.05) is 20.1 Å². The van der Waals surface area contributed by atoms with Crippen molar-refractivity contribution in [2.75, 3.05) is 33.6 Å². The van der Waals surface area contributed by atoms with Gasteiger partial charge in [0.25, 0.3) is 0 Å². The molecule has 6 rings (SSSR count). The second-order valence-corrected chi connectivity index (χ2v) is 10.6. The van der Waals surface area contributed by atoms with Gasteiger partial charge in [-0.2, -0.15) is 9.97 Å². The number of benzene rings is 3. The van der Waals surface area contributed by atoms with Crippen molar-refractivity contribution in [2.24, 2.45) is 0 Å². The van der Waals surface area contributed by atoms with Gasteiger partial charge in [-0.15, -0.1) is 0 Å². The van der Waals surface area contributed by atoms with E-state index in [2.05, 4.69) is 9.97 Å². The zero-order chi connectivity index (χ0) is 28.9. The van der Waals surface area contributed by atoms with Crippen LogP contribution in [0.25, 0.3) is 32.8 Å². The number of nitrogens with zero attached hydrogens (tertiary/aromatic N) is 3. The quantitative estimate of drug-likeness (QED) is 0.203. The van der Waals surface area contributed by atoms with E-state index >= 15 is 8.78 Å². The van der Waals surface area contributed by atoms with E-state index in [1.807, 2.05) is 4.90 Å². The van der Waals surface area contributed by atoms with Crippen LogP contribution in [0.15, 0.2) is 30.3 Å². The Kier molecular flexibility index (Phi) is 7.11. The number of hydrogen-bond donors (Lipinski definition) is 1. The highest BCUT2D eigenvalue weighted by Gasteiger charge is 2.49. The van der Waals surface area contributed by atoms with Crippen LogP contribution in [0.2, 0.25) is 0 Å². The van der Waals surface area contributed by atoms with Crippen LogP contribution in [-0.4, -0.2) is 65.3 Å². The van der Waals surface area contributed by atoms with E-state index in [1.165, 1.54) is 25.3 Å². The number of methoxy groups -OCH3 is 1. The molecule has 0 spiro atoms. The summed E-state index contributed by atoms with van der Waals surface area (Å²) in [4.78, 5) is 10.1. The molecule has 2 aliphatic heterocycles. The Labute approximate surface area is 233 Å². The van der Waals surface area contributed by atoms with Gasteiger partial charge in [0.2, 0.25) is 5.88 Å². The Bertz CT molecular complexity index is 1650. The Hall–Kier alpha value is -3.70. The van der Waals surface area contributed by atoms with Crippen LogP contribution in [-0.2, 0) is 11.2 Å². The number of ether oxygens (including phenoxy) is 3. The fourth-order valence-electron chi connectivity index (χ4n) is 6.36. The van der Waals surface area contributed by atoms with Crippen LogP contribution in [0.4, 0.5) is 17.6 Å². The first kappa shape index (κ1) is 27.5. The van der Waals surface area contributed by atoms with Crippen LogP contribution in [0, 0.1) is 17.5 Å². The Balaban J connectivity index is 1.48. The second kappa shape index (κ2) is 10.6. The highest BCUT2D eigenvalue weighted by Crippen LogP contribution is 2.43. The van der Waals surface area contributed by atoms with Crippen LogP contribution in [0.3, 0.4) is 0 Å². The molecule has 3 heterocycles. The topological polar surface area (TPSA) is 76.9 Å². The standard InChI is InChI=1S/C30H29F4N3O4/c1-3-19-22(32)6-5-16-9-18(41-15-39-2)10-20(24(16)19)25-23(33)11-21-27(26(25)34)35-29(36-28(21)38)40-14-30-7-4-8-37(30)13-17(31)12-30/h5-6,9-11,17H,3-4,7-8,12-15H2,1-2H3,(H,35,36,38)/t17-,30+/m1/s1. The van der Waals surface area contributed by atoms with Gasteiger partial charge in [-0.3, -0.25) is 4.90 Å². The van der Waals surface area contributed by atoms with Crippen molar-refractivity contribution in [2.45, 2.75) is 44.3 Å². The van der Waals surface area contributed by atoms with Crippen molar-refractivity contribution in [1.29, 1.82) is 0 Å². The molecule has 2 aliphatic rings. The minimum Gasteiger partial charge on any atom is -0.493 e. The number of fused-ring (bicyclic) bond motifs is 3. The predicted molar refractivity (Wildman–Crippen MR) is 144 cm³/mol. The van der Waals surface area contributed by atoms with Crippen molar-refractivity contribution < 1.29 is 36.9 Å². The molecule has 3 aromatic carbocycles. The van der Waals surface area contributed by atoms with E-state index in [-0.39, 0.29) is 53.6 Å².